The molecule has 0 aromatic heterocycles. The molecule has 1 amide bonds. The molecule has 3 rings (SSSR count). The second-order valence-electron chi connectivity index (χ2n) is 5.00. The normalized spacial score (nSPS) is 12.2. The van der Waals surface area contributed by atoms with Crippen molar-refractivity contribution < 1.29 is 19.0 Å². The van der Waals surface area contributed by atoms with Crippen LogP contribution in [0.4, 0.5) is 5.69 Å². The molecule has 2 aromatic rings. The number of methoxy groups -OCH3 is 1. The zero-order valence-corrected chi connectivity index (χ0v) is 13.8. The van der Waals surface area contributed by atoms with Crippen molar-refractivity contribution in [2.75, 3.05) is 25.6 Å². The van der Waals surface area contributed by atoms with Crippen LogP contribution in [0, 0.1) is 0 Å². The van der Waals surface area contributed by atoms with Gasteiger partial charge in [-0.1, -0.05) is 0 Å². The number of amides is 1. The molecule has 7 heteroatoms. The molecule has 6 nitrogen and oxygen atoms in total. The maximum absolute atomic E-state index is 12.2. The molecule has 124 valence electrons. The summed E-state index contributed by atoms with van der Waals surface area (Å²) in [5.41, 5.74) is 1.20. The number of hydrogen-bond donors (Lipinski definition) is 2. The molecule has 1 heterocycles. The molecule has 0 atom stereocenters. The number of rotatable bonds is 3. The number of carbonyl (C=O) groups excluding carboxylic acids is 1. The first-order valence-electron chi connectivity index (χ1n) is 7.32. The van der Waals surface area contributed by atoms with Crippen LogP contribution in [0.3, 0.4) is 0 Å². The van der Waals surface area contributed by atoms with E-state index in [1.54, 1.807) is 49.6 Å². The Kier molecular flexibility index (Phi) is 4.81. The lowest BCUT2D eigenvalue weighted by Gasteiger charge is -2.19. The first-order valence-corrected chi connectivity index (χ1v) is 7.72. The highest BCUT2D eigenvalue weighted by atomic mass is 32.1. The first kappa shape index (κ1) is 16.1. The number of anilines is 1. The van der Waals surface area contributed by atoms with E-state index < -0.39 is 0 Å². The number of thiocarbonyl (C=S) groups is 1. The highest BCUT2D eigenvalue weighted by Crippen LogP contribution is 2.32. The number of hydrogen-bond acceptors (Lipinski definition) is 5. The van der Waals surface area contributed by atoms with E-state index in [0.717, 1.165) is 0 Å². The zero-order valence-electron chi connectivity index (χ0n) is 13.0. The molecule has 0 fully saturated rings. The highest BCUT2D eigenvalue weighted by molar-refractivity contribution is 7.80. The van der Waals surface area contributed by atoms with Gasteiger partial charge in [-0.15, -0.1) is 0 Å². The second-order valence-corrected chi connectivity index (χ2v) is 5.40. The van der Waals surface area contributed by atoms with E-state index >= 15 is 0 Å². The van der Waals surface area contributed by atoms with Crippen LogP contribution in [0.5, 0.6) is 17.2 Å². The molecule has 0 saturated carbocycles. The second kappa shape index (κ2) is 7.18. The molecule has 1 aliphatic rings. The van der Waals surface area contributed by atoms with E-state index in [1.165, 1.54) is 0 Å². The Bertz CT molecular complexity index is 762. The molecular formula is C17H16N2O4S. The molecular weight excluding hydrogens is 328 g/mol. The smallest absolute Gasteiger partial charge is 0.257 e. The van der Waals surface area contributed by atoms with Crippen molar-refractivity contribution in [1.82, 2.24) is 5.32 Å². The number of fused-ring (bicyclic) bond motifs is 1. The average molecular weight is 344 g/mol. The van der Waals surface area contributed by atoms with Gasteiger partial charge in [-0.2, -0.15) is 0 Å². The van der Waals surface area contributed by atoms with Crippen LogP contribution in [0.1, 0.15) is 10.4 Å². The van der Waals surface area contributed by atoms with E-state index in [1.807, 2.05) is 0 Å². The van der Waals surface area contributed by atoms with Crippen LogP contribution in [0.15, 0.2) is 42.5 Å². The fraction of sp³-hybridized carbons (Fsp3) is 0.176. The van der Waals surface area contributed by atoms with Crippen LogP contribution in [0.2, 0.25) is 0 Å². The summed E-state index contributed by atoms with van der Waals surface area (Å²) >= 11 is 5.18. The van der Waals surface area contributed by atoms with E-state index in [4.69, 9.17) is 26.4 Å². The zero-order chi connectivity index (χ0) is 16.9. The molecule has 2 N–H and O–H groups in total. The van der Waals surface area contributed by atoms with Crippen LogP contribution >= 0.6 is 12.2 Å². The molecule has 24 heavy (non-hydrogen) atoms. The SMILES string of the molecule is COc1ccc(C(=O)NC(=S)Nc2ccc3c(c2)OCCO3)cc1. The summed E-state index contributed by atoms with van der Waals surface area (Å²) in [5, 5.41) is 5.79. The number of benzene rings is 2. The molecule has 1 aliphatic heterocycles. The van der Waals surface area contributed by atoms with Crippen molar-refractivity contribution in [2.24, 2.45) is 0 Å². The Morgan fingerprint density at radius 1 is 1.08 bits per heavy atom. The standard InChI is InChI=1S/C17H16N2O4S/c1-21-13-5-2-11(3-6-13)16(20)19-17(24)18-12-4-7-14-15(10-12)23-9-8-22-14/h2-7,10H,8-9H2,1H3,(H2,18,19,20,24). The fourth-order valence-electron chi connectivity index (χ4n) is 2.20. The molecule has 0 unspecified atom stereocenters. The summed E-state index contributed by atoms with van der Waals surface area (Å²) in [5.74, 6) is 1.73. The van der Waals surface area contributed by atoms with Gasteiger partial charge in [0.1, 0.15) is 19.0 Å². The first-order chi connectivity index (χ1) is 11.7. The summed E-state index contributed by atoms with van der Waals surface area (Å²) in [7, 11) is 1.57. The monoisotopic (exact) mass is 344 g/mol. The minimum absolute atomic E-state index is 0.201. The maximum Gasteiger partial charge on any atom is 0.257 e. The predicted molar refractivity (Wildman–Crippen MR) is 94.1 cm³/mol. The van der Waals surface area contributed by atoms with Crippen LogP contribution in [0.25, 0.3) is 0 Å². The Hall–Kier alpha value is -2.80. The van der Waals surface area contributed by atoms with Crippen LogP contribution in [-0.4, -0.2) is 31.3 Å². The maximum atomic E-state index is 12.2. The molecule has 0 bridgehead atoms. The Labute approximate surface area is 144 Å². The third-order valence-electron chi connectivity index (χ3n) is 3.38. The van der Waals surface area contributed by atoms with Crippen LogP contribution in [-0.2, 0) is 0 Å². The quantitative estimate of drug-likeness (QED) is 0.834. The third kappa shape index (κ3) is 3.75. The summed E-state index contributed by atoms with van der Waals surface area (Å²) in [6.45, 7) is 1.05. The van der Waals surface area contributed by atoms with Gasteiger partial charge in [-0.05, 0) is 48.6 Å². The van der Waals surface area contributed by atoms with Crippen molar-refractivity contribution in [3.8, 4) is 17.2 Å². The van der Waals surface area contributed by atoms with Crippen molar-refractivity contribution in [1.29, 1.82) is 0 Å². The minimum Gasteiger partial charge on any atom is -0.497 e. The van der Waals surface area contributed by atoms with Gasteiger partial charge in [0, 0.05) is 17.3 Å². The Balaban J connectivity index is 1.61. The topological polar surface area (TPSA) is 68.8 Å². The van der Waals surface area contributed by atoms with Crippen LogP contribution < -0.4 is 24.8 Å². The average Bonchev–Trinajstić information content (AvgIpc) is 2.61. The summed E-state index contributed by atoms with van der Waals surface area (Å²) in [4.78, 5) is 12.2. The molecule has 0 aliphatic carbocycles. The van der Waals surface area contributed by atoms with Gasteiger partial charge < -0.3 is 19.5 Å². The van der Waals surface area contributed by atoms with Gasteiger partial charge in [0.2, 0.25) is 0 Å². The van der Waals surface area contributed by atoms with Gasteiger partial charge in [0.05, 0.1) is 7.11 Å². The van der Waals surface area contributed by atoms with E-state index in [9.17, 15) is 4.79 Å². The summed E-state index contributed by atoms with van der Waals surface area (Å²) in [6, 6.07) is 12.1. The van der Waals surface area contributed by atoms with Gasteiger partial charge in [-0.3, -0.25) is 10.1 Å². The fourth-order valence-corrected chi connectivity index (χ4v) is 2.41. The summed E-state index contributed by atoms with van der Waals surface area (Å²) in [6.07, 6.45) is 0. The van der Waals surface area contributed by atoms with E-state index in [0.29, 0.717) is 41.7 Å². The third-order valence-corrected chi connectivity index (χ3v) is 3.58. The molecule has 0 radical (unpaired) electrons. The van der Waals surface area contributed by atoms with Gasteiger partial charge in [-0.25, -0.2) is 0 Å². The van der Waals surface area contributed by atoms with Crippen molar-refractivity contribution in [3.05, 3.63) is 48.0 Å². The van der Waals surface area contributed by atoms with Gasteiger partial charge in [0.25, 0.3) is 5.91 Å². The van der Waals surface area contributed by atoms with Crippen molar-refractivity contribution in [2.45, 2.75) is 0 Å². The number of carbonyl (C=O) groups is 1. The molecule has 0 saturated heterocycles. The van der Waals surface area contributed by atoms with E-state index in [-0.39, 0.29) is 11.0 Å². The lowest BCUT2D eigenvalue weighted by molar-refractivity contribution is 0.0977. The highest BCUT2D eigenvalue weighted by Gasteiger charge is 2.13. The number of nitrogens with one attached hydrogen (secondary N) is 2. The van der Waals surface area contributed by atoms with E-state index in [2.05, 4.69) is 10.6 Å². The number of ether oxygens (including phenoxy) is 3. The minimum atomic E-state index is -0.298. The Morgan fingerprint density at radius 3 is 2.50 bits per heavy atom. The summed E-state index contributed by atoms with van der Waals surface area (Å²) < 4.78 is 16.0. The lowest BCUT2D eigenvalue weighted by atomic mass is 10.2. The molecule has 2 aromatic carbocycles. The molecule has 0 spiro atoms. The van der Waals surface area contributed by atoms with Gasteiger partial charge in [0.15, 0.2) is 16.6 Å². The van der Waals surface area contributed by atoms with Crippen molar-refractivity contribution >= 4 is 28.9 Å². The lowest BCUT2D eigenvalue weighted by Crippen LogP contribution is -2.34. The largest absolute Gasteiger partial charge is 0.497 e. The van der Waals surface area contributed by atoms with Crippen molar-refractivity contribution in [3.63, 3.8) is 0 Å². The van der Waals surface area contributed by atoms with Gasteiger partial charge >= 0.3 is 0 Å². The predicted octanol–water partition coefficient (Wildman–Crippen LogP) is 2.59. The Morgan fingerprint density at radius 2 is 1.79 bits per heavy atom.